The van der Waals surface area contributed by atoms with Gasteiger partial charge in [0.25, 0.3) is 5.91 Å². The molecular weight excluding hydrogens is 232 g/mol. The van der Waals surface area contributed by atoms with Gasteiger partial charge in [0.05, 0.1) is 12.2 Å². The van der Waals surface area contributed by atoms with E-state index in [0.29, 0.717) is 24.7 Å². The number of likely N-dealkylation sites (tertiary alicyclic amines) is 1. The predicted octanol–water partition coefficient (Wildman–Crippen LogP) is 0.771. The van der Waals surface area contributed by atoms with Gasteiger partial charge in [-0.2, -0.15) is 0 Å². The summed E-state index contributed by atoms with van der Waals surface area (Å²) in [4.78, 5) is 22.1. The van der Waals surface area contributed by atoms with Crippen LogP contribution in [-0.2, 0) is 4.74 Å². The van der Waals surface area contributed by atoms with E-state index in [9.17, 15) is 4.79 Å². The average Bonchev–Trinajstić information content (AvgIpc) is 2.93. The van der Waals surface area contributed by atoms with Gasteiger partial charge < -0.3 is 15.0 Å². The van der Waals surface area contributed by atoms with Gasteiger partial charge in [0.1, 0.15) is 0 Å². The Morgan fingerprint density at radius 3 is 2.67 bits per heavy atom. The SMILES string of the molecule is COCCNc1ncc(C(=O)N2CCCC2)cn1. The van der Waals surface area contributed by atoms with Gasteiger partial charge >= 0.3 is 0 Å². The first kappa shape index (κ1) is 12.8. The highest BCUT2D eigenvalue weighted by atomic mass is 16.5. The summed E-state index contributed by atoms with van der Waals surface area (Å²) in [5, 5.41) is 3.01. The lowest BCUT2D eigenvalue weighted by Crippen LogP contribution is -2.27. The normalized spacial score (nSPS) is 14.8. The summed E-state index contributed by atoms with van der Waals surface area (Å²) in [5.74, 6) is 0.543. The van der Waals surface area contributed by atoms with Gasteiger partial charge in [-0.25, -0.2) is 9.97 Å². The van der Waals surface area contributed by atoms with Crippen LogP contribution in [0.25, 0.3) is 0 Å². The van der Waals surface area contributed by atoms with Crippen molar-refractivity contribution in [2.75, 3.05) is 38.7 Å². The largest absolute Gasteiger partial charge is 0.383 e. The molecule has 0 aromatic carbocycles. The Morgan fingerprint density at radius 1 is 1.39 bits per heavy atom. The predicted molar refractivity (Wildman–Crippen MR) is 67.5 cm³/mol. The topological polar surface area (TPSA) is 67.3 Å². The number of hydrogen-bond acceptors (Lipinski definition) is 5. The third-order valence-corrected chi connectivity index (χ3v) is 2.88. The van der Waals surface area contributed by atoms with E-state index in [0.717, 1.165) is 25.9 Å². The molecule has 6 nitrogen and oxygen atoms in total. The Bertz CT molecular complexity index is 388. The number of methoxy groups -OCH3 is 1. The van der Waals surface area contributed by atoms with Crippen LogP contribution in [0.1, 0.15) is 23.2 Å². The molecule has 2 heterocycles. The summed E-state index contributed by atoms with van der Waals surface area (Å²) in [6.45, 7) is 2.92. The van der Waals surface area contributed by atoms with Crippen molar-refractivity contribution in [1.29, 1.82) is 0 Å². The molecule has 0 aliphatic carbocycles. The van der Waals surface area contributed by atoms with Crippen molar-refractivity contribution >= 4 is 11.9 Å². The molecule has 1 aliphatic rings. The van der Waals surface area contributed by atoms with Gasteiger partial charge in [0.15, 0.2) is 0 Å². The average molecular weight is 250 g/mol. The zero-order chi connectivity index (χ0) is 12.8. The Balaban J connectivity index is 1.92. The van der Waals surface area contributed by atoms with Crippen LogP contribution >= 0.6 is 0 Å². The van der Waals surface area contributed by atoms with Gasteiger partial charge in [0.2, 0.25) is 5.95 Å². The quantitative estimate of drug-likeness (QED) is 0.782. The van der Waals surface area contributed by atoms with Crippen LogP contribution in [0, 0.1) is 0 Å². The summed E-state index contributed by atoms with van der Waals surface area (Å²) in [6, 6.07) is 0. The molecule has 0 saturated carbocycles. The first-order valence-corrected chi connectivity index (χ1v) is 6.15. The number of aromatic nitrogens is 2. The molecule has 0 unspecified atom stereocenters. The van der Waals surface area contributed by atoms with E-state index in [1.165, 1.54) is 0 Å². The molecule has 1 saturated heterocycles. The van der Waals surface area contributed by atoms with E-state index in [1.807, 2.05) is 4.90 Å². The van der Waals surface area contributed by atoms with Crippen LogP contribution in [0.15, 0.2) is 12.4 Å². The third kappa shape index (κ3) is 3.16. The smallest absolute Gasteiger partial charge is 0.256 e. The first-order chi connectivity index (χ1) is 8.81. The number of ether oxygens (including phenoxy) is 1. The molecule has 0 spiro atoms. The van der Waals surface area contributed by atoms with Gasteiger partial charge in [-0.1, -0.05) is 0 Å². The van der Waals surface area contributed by atoms with Gasteiger partial charge in [-0.3, -0.25) is 4.79 Å². The van der Waals surface area contributed by atoms with Crippen molar-refractivity contribution in [3.8, 4) is 0 Å². The Morgan fingerprint density at radius 2 is 2.06 bits per heavy atom. The number of nitrogens with one attached hydrogen (secondary N) is 1. The number of carbonyl (C=O) groups is 1. The van der Waals surface area contributed by atoms with Crippen LogP contribution < -0.4 is 5.32 Å². The van der Waals surface area contributed by atoms with Crippen molar-refractivity contribution in [2.24, 2.45) is 0 Å². The van der Waals surface area contributed by atoms with E-state index in [1.54, 1.807) is 19.5 Å². The van der Waals surface area contributed by atoms with Crippen LogP contribution in [0.5, 0.6) is 0 Å². The molecule has 0 atom stereocenters. The fourth-order valence-corrected chi connectivity index (χ4v) is 1.90. The van der Waals surface area contributed by atoms with E-state index >= 15 is 0 Å². The lowest BCUT2D eigenvalue weighted by molar-refractivity contribution is 0.0792. The minimum absolute atomic E-state index is 0.0240. The lowest BCUT2D eigenvalue weighted by Gasteiger charge is -2.14. The summed E-state index contributed by atoms with van der Waals surface area (Å²) < 4.78 is 4.91. The zero-order valence-corrected chi connectivity index (χ0v) is 10.6. The van der Waals surface area contributed by atoms with Crippen LogP contribution in [0.2, 0.25) is 0 Å². The summed E-state index contributed by atoms with van der Waals surface area (Å²) in [7, 11) is 1.64. The number of amides is 1. The van der Waals surface area contributed by atoms with E-state index in [-0.39, 0.29) is 5.91 Å². The molecule has 1 N–H and O–H groups in total. The van der Waals surface area contributed by atoms with E-state index in [4.69, 9.17) is 4.74 Å². The van der Waals surface area contributed by atoms with Gasteiger partial charge in [-0.05, 0) is 12.8 Å². The minimum atomic E-state index is 0.0240. The maximum atomic E-state index is 12.0. The standard InChI is InChI=1S/C12H18N4O2/c1-18-7-4-13-12-14-8-10(9-15-12)11(17)16-5-2-3-6-16/h8-9H,2-7H2,1H3,(H,13,14,15). The second-order valence-electron chi connectivity index (χ2n) is 4.21. The number of carbonyl (C=O) groups excluding carboxylic acids is 1. The summed E-state index contributed by atoms with van der Waals surface area (Å²) in [6.07, 6.45) is 5.32. The van der Waals surface area contributed by atoms with Gasteiger partial charge in [-0.15, -0.1) is 0 Å². The Hall–Kier alpha value is -1.69. The van der Waals surface area contributed by atoms with Crippen molar-refractivity contribution < 1.29 is 9.53 Å². The van der Waals surface area contributed by atoms with Gasteiger partial charge in [0, 0.05) is 39.1 Å². The van der Waals surface area contributed by atoms with Crippen LogP contribution in [0.4, 0.5) is 5.95 Å². The fraction of sp³-hybridized carbons (Fsp3) is 0.583. The molecule has 18 heavy (non-hydrogen) atoms. The summed E-state index contributed by atoms with van der Waals surface area (Å²) >= 11 is 0. The monoisotopic (exact) mass is 250 g/mol. The minimum Gasteiger partial charge on any atom is -0.383 e. The second kappa shape index (κ2) is 6.30. The molecule has 2 rings (SSSR count). The van der Waals surface area contributed by atoms with Crippen molar-refractivity contribution in [2.45, 2.75) is 12.8 Å². The summed E-state index contributed by atoms with van der Waals surface area (Å²) in [5.41, 5.74) is 0.550. The third-order valence-electron chi connectivity index (χ3n) is 2.88. The van der Waals surface area contributed by atoms with Crippen molar-refractivity contribution in [3.63, 3.8) is 0 Å². The van der Waals surface area contributed by atoms with Crippen LogP contribution in [-0.4, -0.2) is 54.1 Å². The van der Waals surface area contributed by atoms with Crippen molar-refractivity contribution in [1.82, 2.24) is 14.9 Å². The highest BCUT2D eigenvalue weighted by molar-refractivity contribution is 5.93. The maximum Gasteiger partial charge on any atom is 0.256 e. The second-order valence-corrected chi connectivity index (χ2v) is 4.21. The molecular formula is C12H18N4O2. The molecule has 1 amide bonds. The molecule has 0 bridgehead atoms. The first-order valence-electron chi connectivity index (χ1n) is 6.15. The number of hydrogen-bond donors (Lipinski definition) is 1. The van der Waals surface area contributed by atoms with Crippen molar-refractivity contribution in [3.05, 3.63) is 18.0 Å². The molecule has 0 radical (unpaired) electrons. The highest BCUT2D eigenvalue weighted by Crippen LogP contribution is 2.12. The number of anilines is 1. The molecule has 6 heteroatoms. The molecule has 1 aliphatic heterocycles. The maximum absolute atomic E-state index is 12.0. The van der Waals surface area contributed by atoms with E-state index < -0.39 is 0 Å². The van der Waals surface area contributed by atoms with Crippen LogP contribution in [0.3, 0.4) is 0 Å². The number of nitrogens with zero attached hydrogens (tertiary/aromatic N) is 3. The molecule has 98 valence electrons. The Labute approximate surface area is 106 Å². The fourth-order valence-electron chi connectivity index (χ4n) is 1.90. The Kier molecular flexibility index (Phi) is 4.46. The molecule has 1 fully saturated rings. The highest BCUT2D eigenvalue weighted by Gasteiger charge is 2.19. The number of rotatable bonds is 5. The molecule has 1 aromatic rings. The molecule has 1 aromatic heterocycles. The zero-order valence-electron chi connectivity index (χ0n) is 10.6. The van der Waals surface area contributed by atoms with E-state index in [2.05, 4.69) is 15.3 Å². The lowest BCUT2D eigenvalue weighted by atomic mass is 10.3.